The largest absolute Gasteiger partial charge is 0.379 e. The summed E-state index contributed by atoms with van der Waals surface area (Å²) >= 11 is 0. The number of hydrogen-bond donors (Lipinski definition) is 1. The van der Waals surface area contributed by atoms with E-state index < -0.39 is 25.7 Å². The summed E-state index contributed by atoms with van der Waals surface area (Å²) in [6, 6.07) is 1.92. The van der Waals surface area contributed by atoms with Gasteiger partial charge in [-0.25, -0.2) is 12.8 Å². The average molecular weight is 336 g/mol. The highest BCUT2D eigenvalue weighted by Gasteiger charge is 2.22. The SMILES string of the molecule is Cc1c(F)cc(C(=O)NC2CCCOC2)cc1S(=O)(=O)Cl. The van der Waals surface area contributed by atoms with E-state index >= 15 is 0 Å². The van der Waals surface area contributed by atoms with Gasteiger partial charge >= 0.3 is 0 Å². The van der Waals surface area contributed by atoms with Crippen molar-refractivity contribution >= 4 is 25.6 Å². The molecule has 1 N–H and O–H groups in total. The maximum atomic E-state index is 13.8. The predicted molar refractivity (Wildman–Crippen MR) is 75.5 cm³/mol. The van der Waals surface area contributed by atoms with Gasteiger partial charge in [0, 0.05) is 28.4 Å². The number of carbonyl (C=O) groups is 1. The summed E-state index contributed by atoms with van der Waals surface area (Å²) in [6.07, 6.45) is 1.59. The van der Waals surface area contributed by atoms with Gasteiger partial charge in [0.05, 0.1) is 17.5 Å². The second-order valence-electron chi connectivity index (χ2n) is 4.91. The third-order valence-electron chi connectivity index (χ3n) is 3.32. The monoisotopic (exact) mass is 335 g/mol. The lowest BCUT2D eigenvalue weighted by molar-refractivity contribution is 0.0624. The molecule has 1 aromatic rings. The number of halogens is 2. The third-order valence-corrected chi connectivity index (χ3v) is 4.77. The number of nitrogens with one attached hydrogen (secondary N) is 1. The normalized spacial score (nSPS) is 19.3. The van der Waals surface area contributed by atoms with Crippen LogP contribution in [0.3, 0.4) is 0 Å². The predicted octanol–water partition coefficient (Wildman–Crippen LogP) is 1.97. The van der Waals surface area contributed by atoms with Crippen molar-refractivity contribution in [2.75, 3.05) is 13.2 Å². The molecule has 21 heavy (non-hydrogen) atoms. The van der Waals surface area contributed by atoms with Crippen LogP contribution >= 0.6 is 10.7 Å². The van der Waals surface area contributed by atoms with Crippen molar-refractivity contribution in [1.82, 2.24) is 5.32 Å². The minimum absolute atomic E-state index is 0.0806. The van der Waals surface area contributed by atoms with Crippen LogP contribution in [0.25, 0.3) is 0 Å². The molecule has 1 aliphatic rings. The summed E-state index contributed by atoms with van der Waals surface area (Å²) in [5.74, 6) is -1.34. The van der Waals surface area contributed by atoms with Crippen LogP contribution in [0.1, 0.15) is 28.8 Å². The zero-order valence-corrected chi connectivity index (χ0v) is 12.9. The van der Waals surface area contributed by atoms with Crippen LogP contribution in [-0.2, 0) is 13.8 Å². The molecule has 5 nitrogen and oxygen atoms in total. The molecule has 0 saturated carbocycles. The summed E-state index contributed by atoms with van der Waals surface area (Å²) < 4.78 is 41.9. The second-order valence-corrected chi connectivity index (χ2v) is 7.44. The van der Waals surface area contributed by atoms with E-state index in [1.807, 2.05) is 0 Å². The van der Waals surface area contributed by atoms with Crippen LogP contribution in [0.2, 0.25) is 0 Å². The van der Waals surface area contributed by atoms with Crippen LogP contribution in [-0.4, -0.2) is 33.6 Å². The van der Waals surface area contributed by atoms with Crippen LogP contribution in [0, 0.1) is 12.7 Å². The Bertz CT molecular complexity index is 656. The fourth-order valence-electron chi connectivity index (χ4n) is 2.16. The molecule has 0 bridgehead atoms. The van der Waals surface area contributed by atoms with Gasteiger partial charge in [0.1, 0.15) is 5.82 Å². The molecule has 8 heteroatoms. The Morgan fingerprint density at radius 3 is 2.76 bits per heavy atom. The van der Waals surface area contributed by atoms with Gasteiger partial charge in [-0.2, -0.15) is 0 Å². The first-order chi connectivity index (χ1) is 9.79. The molecule has 1 fully saturated rings. The smallest absolute Gasteiger partial charge is 0.261 e. The van der Waals surface area contributed by atoms with Gasteiger partial charge in [-0.1, -0.05) is 0 Å². The number of amides is 1. The third kappa shape index (κ3) is 3.93. The van der Waals surface area contributed by atoms with E-state index in [-0.39, 0.29) is 17.2 Å². The topological polar surface area (TPSA) is 72.5 Å². The van der Waals surface area contributed by atoms with Crippen molar-refractivity contribution in [3.8, 4) is 0 Å². The number of benzene rings is 1. The van der Waals surface area contributed by atoms with Crippen LogP contribution in [0.4, 0.5) is 4.39 Å². The quantitative estimate of drug-likeness (QED) is 0.857. The maximum absolute atomic E-state index is 13.8. The van der Waals surface area contributed by atoms with Gasteiger partial charge in [0.2, 0.25) is 0 Å². The number of ether oxygens (including phenoxy) is 1. The van der Waals surface area contributed by atoms with Crippen molar-refractivity contribution in [2.24, 2.45) is 0 Å². The minimum Gasteiger partial charge on any atom is -0.379 e. The summed E-state index contributed by atoms with van der Waals surface area (Å²) in [5, 5.41) is 2.69. The van der Waals surface area contributed by atoms with E-state index in [4.69, 9.17) is 15.4 Å². The molecule has 116 valence electrons. The van der Waals surface area contributed by atoms with Crippen LogP contribution in [0.15, 0.2) is 17.0 Å². The maximum Gasteiger partial charge on any atom is 0.261 e. The Morgan fingerprint density at radius 2 is 2.19 bits per heavy atom. The van der Waals surface area contributed by atoms with Crippen molar-refractivity contribution in [1.29, 1.82) is 0 Å². The Morgan fingerprint density at radius 1 is 1.48 bits per heavy atom. The van der Waals surface area contributed by atoms with Crippen LogP contribution < -0.4 is 5.32 Å². The number of hydrogen-bond acceptors (Lipinski definition) is 4. The molecule has 0 aromatic heterocycles. The second kappa shape index (κ2) is 6.29. The molecule has 1 saturated heterocycles. The van der Waals surface area contributed by atoms with Crippen molar-refractivity contribution in [2.45, 2.75) is 30.7 Å². The molecular weight excluding hydrogens is 321 g/mol. The molecule has 1 aliphatic heterocycles. The molecule has 0 radical (unpaired) electrons. The Balaban J connectivity index is 2.27. The fourth-order valence-corrected chi connectivity index (χ4v) is 3.37. The summed E-state index contributed by atoms with van der Waals surface area (Å²) in [6.45, 7) is 2.34. The number of rotatable bonds is 3. The van der Waals surface area contributed by atoms with Gasteiger partial charge in [0.25, 0.3) is 15.0 Å². The molecule has 1 atom stereocenters. The standard InChI is InChI=1S/C13H15ClFNO4S/c1-8-11(15)5-9(6-12(8)21(14,18)19)13(17)16-10-3-2-4-20-7-10/h5-6,10H,2-4,7H2,1H3,(H,16,17). The highest BCUT2D eigenvalue weighted by atomic mass is 35.7. The fraction of sp³-hybridized carbons (Fsp3) is 0.462. The first-order valence-electron chi connectivity index (χ1n) is 6.42. The molecule has 1 heterocycles. The lowest BCUT2D eigenvalue weighted by Gasteiger charge is -2.23. The first-order valence-corrected chi connectivity index (χ1v) is 8.73. The Labute approximate surface area is 126 Å². The van der Waals surface area contributed by atoms with E-state index in [0.717, 1.165) is 25.0 Å². The lowest BCUT2D eigenvalue weighted by Crippen LogP contribution is -2.40. The lowest BCUT2D eigenvalue weighted by atomic mass is 10.1. The van der Waals surface area contributed by atoms with E-state index in [2.05, 4.69) is 5.32 Å². The molecule has 1 aromatic carbocycles. The number of carbonyl (C=O) groups excluding carboxylic acids is 1. The summed E-state index contributed by atoms with van der Waals surface area (Å²) in [7, 11) is 1.14. The van der Waals surface area contributed by atoms with E-state index in [0.29, 0.717) is 13.2 Å². The molecule has 2 rings (SSSR count). The van der Waals surface area contributed by atoms with Crippen molar-refractivity contribution in [3.63, 3.8) is 0 Å². The van der Waals surface area contributed by atoms with Gasteiger partial charge in [0.15, 0.2) is 0 Å². The zero-order valence-electron chi connectivity index (χ0n) is 11.4. The zero-order chi connectivity index (χ0) is 15.6. The summed E-state index contributed by atoms with van der Waals surface area (Å²) in [4.78, 5) is 11.7. The van der Waals surface area contributed by atoms with E-state index in [1.54, 1.807) is 0 Å². The highest BCUT2D eigenvalue weighted by molar-refractivity contribution is 8.13. The van der Waals surface area contributed by atoms with Gasteiger partial charge < -0.3 is 10.1 Å². The summed E-state index contributed by atoms with van der Waals surface area (Å²) in [5.41, 5.74) is -0.189. The van der Waals surface area contributed by atoms with Crippen LogP contribution in [0.5, 0.6) is 0 Å². The highest BCUT2D eigenvalue weighted by Crippen LogP contribution is 2.24. The molecule has 0 aliphatic carbocycles. The Hall–Kier alpha value is -1.18. The van der Waals surface area contributed by atoms with Gasteiger partial charge in [-0.3, -0.25) is 4.79 Å². The molecular formula is C13H15ClFNO4S. The minimum atomic E-state index is -4.12. The molecule has 0 spiro atoms. The van der Waals surface area contributed by atoms with E-state index in [1.165, 1.54) is 6.92 Å². The van der Waals surface area contributed by atoms with Crippen molar-refractivity contribution in [3.05, 3.63) is 29.1 Å². The Kier molecular flexibility index (Phi) is 4.85. The van der Waals surface area contributed by atoms with E-state index in [9.17, 15) is 17.6 Å². The average Bonchev–Trinajstić information content (AvgIpc) is 2.41. The molecule has 1 unspecified atom stereocenters. The van der Waals surface area contributed by atoms with Gasteiger partial charge in [-0.05, 0) is 31.9 Å². The van der Waals surface area contributed by atoms with Gasteiger partial charge in [-0.15, -0.1) is 0 Å². The van der Waals surface area contributed by atoms with Crippen molar-refractivity contribution < 1.29 is 22.3 Å². The first kappa shape index (κ1) is 16.2. The molecule has 1 amide bonds.